The Labute approximate surface area is 80.5 Å². The topological polar surface area (TPSA) is 26.3 Å². The van der Waals surface area contributed by atoms with Gasteiger partial charge in [-0.2, -0.15) is 0 Å². The normalized spacial score (nSPS) is 10.0. The maximum atomic E-state index is 13.2. The molecule has 0 N–H and O–H groups in total. The van der Waals surface area contributed by atoms with Crippen molar-refractivity contribution >= 4 is 5.97 Å². The molecule has 1 aromatic rings. The van der Waals surface area contributed by atoms with E-state index in [9.17, 15) is 13.6 Å². The van der Waals surface area contributed by atoms with Crippen LogP contribution in [0.5, 0.6) is 0 Å². The minimum absolute atomic E-state index is 0.0526. The Morgan fingerprint density at radius 1 is 1.36 bits per heavy atom. The first-order chi connectivity index (χ1) is 6.56. The number of esters is 1. The third kappa shape index (κ3) is 2.07. The molecule has 0 aliphatic heterocycles. The lowest BCUT2D eigenvalue weighted by atomic mass is 10.0. The summed E-state index contributed by atoms with van der Waals surface area (Å²) in [4.78, 5) is 10.9. The highest BCUT2D eigenvalue weighted by Gasteiger charge is 2.13. The molecule has 76 valence electrons. The molecule has 1 aromatic carbocycles. The van der Waals surface area contributed by atoms with Gasteiger partial charge in [-0.15, -0.1) is 0 Å². The summed E-state index contributed by atoms with van der Waals surface area (Å²) in [5, 5.41) is 0. The van der Waals surface area contributed by atoms with Crippen molar-refractivity contribution in [2.45, 2.75) is 13.3 Å². The summed E-state index contributed by atoms with van der Waals surface area (Å²) in [5.41, 5.74) is 0.201. The Kier molecular flexibility index (Phi) is 3.17. The van der Waals surface area contributed by atoms with E-state index in [1.165, 1.54) is 14.0 Å². The molecule has 0 aliphatic rings. The lowest BCUT2D eigenvalue weighted by molar-refractivity contribution is -0.139. The summed E-state index contributed by atoms with van der Waals surface area (Å²) in [6.07, 6.45) is -0.244. The highest BCUT2D eigenvalue weighted by atomic mass is 19.1. The summed E-state index contributed by atoms with van der Waals surface area (Å²) in [7, 11) is 1.20. The Balaban J connectivity index is 3.06. The second kappa shape index (κ2) is 4.17. The van der Waals surface area contributed by atoms with Gasteiger partial charge in [-0.1, -0.05) is 0 Å². The van der Waals surface area contributed by atoms with Crippen molar-refractivity contribution in [3.05, 3.63) is 34.9 Å². The van der Waals surface area contributed by atoms with E-state index < -0.39 is 17.6 Å². The number of carbonyl (C=O) groups excluding carboxylic acids is 1. The zero-order valence-electron chi connectivity index (χ0n) is 7.93. The highest BCUT2D eigenvalue weighted by Crippen LogP contribution is 2.17. The van der Waals surface area contributed by atoms with Gasteiger partial charge in [0.05, 0.1) is 13.5 Å². The molecule has 0 saturated heterocycles. The average Bonchev–Trinajstić information content (AvgIpc) is 2.18. The molecule has 0 aromatic heterocycles. The van der Waals surface area contributed by atoms with Crippen molar-refractivity contribution in [1.82, 2.24) is 0 Å². The summed E-state index contributed by atoms with van der Waals surface area (Å²) in [5.74, 6) is -1.70. The first kappa shape index (κ1) is 10.6. The maximum Gasteiger partial charge on any atom is 0.310 e. The van der Waals surface area contributed by atoms with Gasteiger partial charge in [-0.3, -0.25) is 4.79 Å². The number of benzene rings is 1. The smallest absolute Gasteiger partial charge is 0.310 e. The molecule has 4 heteroatoms. The number of methoxy groups -OCH3 is 1. The van der Waals surface area contributed by atoms with Crippen LogP contribution in [0.3, 0.4) is 0 Å². The second-order valence-electron chi connectivity index (χ2n) is 2.89. The second-order valence-corrected chi connectivity index (χ2v) is 2.89. The van der Waals surface area contributed by atoms with E-state index in [1.54, 1.807) is 0 Å². The SMILES string of the molecule is COC(=O)Cc1c(F)ccc(F)c1C. The fourth-order valence-electron chi connectivity index (χ4n) is 1.13. The van der Waals surface area contributed by atoms with Gasteiger partial charge in [-0.25, -0.2) is 8.78 Å². The lowest BCUT2D eigenvalue weighted by Gasteiger charge is -2.06. The van der Waals surface area contributed by atoms with Crippen LogP contribution in [0.25, 0.3) is 0 Å². The standard InChI is InChI=1S/C10H10F2O2/c1-6-7(5-10(13)14-2)9(12)4-3-8(6)11/h3-4H,5H2,1-2H3. The fourth-order valence-corrected chi connectivity index (χ4v) is 1.13. The first-order valence-corrected chi connectivity index (χ1v) is 4.06. The van der Waals surface area contributed by atoms with Crippen LogP contribution in [0, 0.1) is 18.6 Å². The van der Waals surface area contributed by atoms with Crippen LogP contribution in [0.2, 0.25) is 0 Å². The fraction of sp³-hybridized carbons (Fsp3) is 0.300. The molecule has 0 bridgehead atoms. The minimum Gasteiger partial charge on any atom is -0.469 e. The van der Waals surface area contributed by atoms with Crippen LogP contribution in [-0.4, -0.2) is 13.1 Å². The molecule has 0 radical (unpaired) electrons. The van der Waals surface area contributed by atoms with Crippen molar-refractivity contribution in [3.8, 4) is 0 Å². The first-order valence-electron chi connectivity index (χ1n) is 4.06. The molecule has 1 rings (SSSR count). The van der Waals surface area contributed by atoms with Crippen LogP contribution >= 0.6 is 0 Å². The minimum atomic E-state index is -0.589. The van der Waals surface area contributed by atoms with E-state index in [-0.39, 0.29) is 17.5 Å². The molecule has 0 heterocycles. The van der Waals surface area contributed by atoms with Gasteiger partial charge in [0.25, 0.3) is 0 Å². The van der Waals surface area contributed by atoms with Crippen molar-refractivity contribution in [3.63, 3.8) is 0 Å². The van der Waals surface area contributed by atoms with Gasteiger partial charge in [-0.05, 0) is 24.6 Å². The number of hydrogen-bond donors (Lipinski definition) is 0. The van der Waals surface area contributed by atoms with Gasteiger partial charge in [0.2, 0.25) is 0 Å². The number of rotatable bonds is 2. The summed E-state index contributed by atoms with van der Waals surface area (Å²) < 4.78 is 30.5. The predicted octanol–water partition coefficient (Wildman–Crippen LogP) is 1.99. The summed E-state index contributed by atoms with van der Waals surface area (Å²) in [6.45, 7) is 1.43. The predicted molar refractivity (Wildman–Crippen MR) is 46.8 cm³/mol. The zero-order valence-corrected chi connectivity index (χ0v) is 7.93. The molecule has 0 spiro atoms. The van der Waals surface area contributed by atoms with Crippen LogP contribution in [0.4, 0.5) is 8.78 Å². The van der Waals surface area contributed by atoms with Gasteiger partial charge >= 0.3 is 5.97 Å². The third-order valence-electron chi connectivity index (χ3n) is 2.02. The van der Waals surface area contributed by atoms with Crippen molar-refractivity contribution in [1.29, 1.82) is 0 Å². The van der Waals surface area contributed by atoms with E-state index in [0.29, 0.717) is 0 Å². The Bertz CT molecular complexity index is 361. The Morgan fingerprint density at radius 3 is 2.50 bits per heavy atom. The van der Waals surface area contributed by atoms with Crippen LogP contribution in [0.1, 0.15) is 11.1 Å². The van der Waals surface area contributed by atoms with Gasteiger partial charge in [0.1, 0.15) is 11.6 Å². The van der Waals surface area contributed by atoms with E-state index in [1.807, 2.05) is 0 Å². The van der Waals surface area contributed by atoms with Gasteiger partial charge < -0.3 is 4.74 Å². The molecule has 0 aliphatic carbocycles. The summed E-state index contributed by atoms with van der Waals surface area (Å²) >= 11 is 0. The highest BCUT2D eigenvalue weighted by molar-refractivity contribution is 5.72. The largest absolute Gasteiger partial charge is 0.469 e. The van der Waals surface area contributed by atoms with Crippen LogP contribution in [-0.2, 0) is 16.0 Å². The van der Waals surface area contributed by atoms with Crippen molar-refractivity contribution in [2.24, 2.45) is 0 Å². The summed E-state index contributed by atoms with van der Waals surface area (Å²) in [6, 6.07) is 2.03. The van der Waals surface area contributed by atoms with E-state index in [4.69, 9.17) is 0 Å². The maximum absolute atomic E-state index is 13.2. The van der Waals surface area contributed by atoms with E-state index in [0.717, 1.165) is 12.1 Å². The van der Waals surface area contributed by atoms with Crippen LogP contribution in [0.15, 0.2) is 12.1 Å². The van der Waals surface area contributed by atoms with Gasteiger partial charge in [0, 0.05) is 5.56 Å². The van der Waals surface area contributed by atoms with Crippen molar-refractivity contribution < 1.29 is 18.3 Å². The molecule has 0 amide bonds. The molecule has 0 unspecified atom stereocenters. The lowest BCUT2D eigenvalue weighted by Crippen LogP contribution is -2.08. The van der Waals surface area contributed by atoms with Crippen molar-refractivity contribution in [2.75, 3.05) is 7.11 Å². The average molecular weight is 200 g/mol. The third-order valence-corrected chi connectivity index (χ3v) is 2.02. The molecule has 0 atom stereocenters. The quantitative estimate of drug-likeness (QED) is 0.682. The monoisotopic (exact) mass is 200 g/mol. The zero-order chi connectivity index (χ0) is 10.7. The molecule has 0 saturated carbocycles. The van der Waals surface area contributed by atoms with Crippen LogP contribution < -0.4 is 0 Å². The molecule has 2 nitrogen and oxygen atoms in total. The van der Waals surface area contributed by atoms with Gasteiger partial charge in [0.15, 0.2) is 0 Å². The molecule has 14 heavy (non-hydrogen) atoms. The number of hydrogen-bond acceptors (Lipinski definition) is 2. The Hall–Kier alpha value is -1.45. The Morgan fingerprint density at radius 2 is 1.93 bits per heavy atom. The molecule has 0 fully saturated rings. The number of ether oxygens (including phenoxy) is 1. The number of halogens is 2. The van der Waals surface area contributed by atoms with E-state index in [2.05, 4.69) is 4.74 Å². The molecular formula is C10H10F2O2. The molecular weight excluding hydrogens is 190 g/mol. The van der Waals surface area contributed by atoms with E-state index >= 15 is 0 Å². The number of carbonyl (C=O) groups is 1.